The summed E-state index contributed by atoms with van der Waals surface area (Å²) in [5.41, 5.74) is -0.638. The maximum Gasteiger partial charge on any atom is 0.416 e. The Hall–Kier alpha value is -3.77. The quantitative estimate of drug-likeness (QED) is 0.131. The Balaban J connectivity index is 1.87. The molecule has 0 aliphatic carbocycles. The molecule has 260 valence electrons. The van der Waals surface area contributed by atoms with Gasteiger partial charge in [-0.05, 0) is 60.0 Å². The van der Waals surface area contributed by atoms with Gasteiger partial charge >= 0.3 is 6.18 Å². The number of nitrogens with one attached hydrogen (secondary N) is 1. The lowest BCUT2D eigenvalue weighted by atomic mass is 10.0. The predicted octanol–water partition coefficient (Wildman–Crippen LogP) is 8.42. The summed E-state index contributed by atoms with van der Waals surface area (Å²) in [6.07, 6.45) is -3.36. The molecular formula is C35H33Cl3F3N3O4S. The predicted molar refractivity (Wildman–Crippen MR) is 186 cm³/mol. The molecule has 0 aliphatic heterocycles. The molecule has 0 saturated heterocycles. The number of carbonyl (C=O) groups excluding carboxylic acids is 2. The van der Waals surface area contributed by atoms with E-state index in [0.29, 0.717) is 45.6 Å². The fourth-order valence-electron chi connectivity index (χ4n) is 5.01. The molecule has 0 unspecified atom stereocenters. The number of alkyl halides is 3. The van der Waals surface area contributed by atoms with Crippen LogP contribution in [0, 0.1) is 0 Å². The van der Waals surface area contributed by atoms with Gasteiger partial charge in [-0.2, -0.15) is 13.2 Å². The maximum absolute atomic E-state index is 14.6. The zero-order chi connectivity index (χ0) is 35.8. The average molecular weight is 755 g/mol. The van der Waals surface area contributed by atoms with E-state index >= 15 is 0 Å². The van der Waals surface area contributed by atoms with E-state index in [0.717, 1.165) is 12.5 Å². The van der Waals surface area contributed by atoms with Crippen molar-refractivity contribution >= 4 is 62.3 Å². The molecule has 0 spiro atoms. The normalized spacial score (nSPS) is 12.3. The summed E-state index contributed by atoms with van der Waals surface area (Å²) in [6.45, 7) is 1.01. The minimum atomic E-state index is -4.85. The van der Waals surface area contributed by atoms with Crippen molar-refractivity contribution in [2.24, 2.45) is 0 Å². The first kappa shape index (κ1) is 38.0. The smallest absolute Gasteiger partial charge is 0.354 e. The van der Waals surface area contributed by atoms with Gasteiger partial charge in [0.15, 0.2) is 0 Å². The second-order valence-corrected chi connectivity index (χ2v) is 14.2. The average Bonchev–Trinajstić information content (AvgIpc) is 3.06. The second-order valence-electron chi connectivity index (χ2n) is 11.1. The van der Waals surface area contributed by atoms with E-state index in [4.69, 9.17) is 34.8 Å². The van der Waals surface area contributed by atoms with Crippen LogP contribution in [0.15, 0.2) is 102 Å². The van der Waals surface area contributed by atoms with E-state index in [1.54, 1.807) is 48.5 Å². The van der Waals surface area contributed by atoms with Crippen LogP contribution in [0.5, 0.6) is 0 Å². The number of nitrogens with zero attached hydrogens (tertiary/aromatic N) is 2. The Labute approximate surface area is 298 Å². The van der Waals surface area contributed by atoms with Crippen LogP contribution in [-0.4, -0.2) is 44.3 Å². The SMILES string of the molecule is CCCCNC(=O)[C@H](Cc1ccccc1)N(Cc1ccc(Cl)cc1Cl)C(=O)CN(c1cc(C(F)(F)F)ccc1Cl)S(=O)(=O)c1ccccc1. The molecule has 4 aromatic rings. The first-order valence-corrected chi connectivity index (χ1v) is 17.8. The molecule has 0 heterocycles. The second kappa shape index (κ2) is 16.8. The largest absolute Gasteiger partial charge is 0.416 e. The summed E-state index contributed by atoms with van der Waals surface area (Å²) in [7, 11) is -4.69. The number of unbranched alkanes of at least 4 members (excludes halogenated alkanes) is 1. The molecular weight excluding hydrogens is 722 g/mol. The Morgan fingerprint density at radius 3 is 2.12 bits per heavy atom. The zero-order valence-corrected chi connectivity index (χ0v) is 29.3. The highest BCUT2D eigenvalue weighted by molar-refractivity contribution is 7.92. The van der Waals surface area contributed by atoms with E-state index in [1.807, 2.05) is 6.92 Å². The third kappa shape index (κ3) is 9.91. The van der Waals surface area contributed by atoms with Crippen LogP contribution >= 0.6 is 34.8 Å². The van der Waals surface area contributed by atoms with Crippen molar-refractivity contribution in [3.8, 4) is 0 Å². The molecule has 0 radical (unpaired) electrons. The number of anilines is 1. The van der Waals surface area contributed by atoms with Crippen LogP contribution in [0.1, 0.15) is 36.5 Å². The lowest BCUT2D eigenvalue weighted by Crippen LogP contribution is -2.53. The van der Waals surface area contributed by atoms with Gasteiger partial charge in [0.2, 0.25) is 11.8 Å². The molecule has 1 N–H and O–H groups in total. The number of rotatable bonds is 14. The number of hydrogen-bond donors (Lipinski definition) is 1. The van der Waals surface area contributed by atoms with Crippen LogP contribution in [0.25, 0.3) is 0 Å². The maximum atomic E-state index is 14.6. The summed E-state index contributed by atoms with van der Waals surface area (Å²) in [5, 5.41) is 3.02. The molecule has 2 amide bonds. The highest BCUT2D eigenvalue weighted by Crippen LogP contribution is 2.37. The molecule has 49 heavy (non-hydrogen) atoms. The minimum Gasteiger partial charge on any atom is -0.354 e. The topological polar surface area (TPSA) is 86.8 Å². The molecule has 4 aromatic carbocycles. The van der Waals surface area contributed by atoms with Gasteiger partial charge in [-0.15, -0.1) is 0 Å². The summed E-state index contributed by atoms with van der Waals surface area (Å²) in [6, 6.07) is 21.4. The Morgan fingerprint density at radius 1 is 0.857 bits per heavy atom. The van der Waals surface area contributed by atoms with Gasteiger partial charge in [0, 0.05) is 29.6 Å². The van der Waals surface area contributed by atoms with Crippen molar-refractivity contribution in [2.45, 2.75) is 49.8 Å². The lowest BCUT2D eigenvalue weighted by Gasteiger charge is -2.34. The van der Waals surface area contributed by atoms with E-state index in [2.05, 4.69) is 5.32 Å². The molecule has 0 bridgehead atoms. The fraction of sp³-hybridized carbons (Fsp3) is 0.257. The zero-order valence-electron chi connectivity index (χ0n) is 26.3. The molecule has 0 aliphatic rings. The summed E-state index contributed by atoms with van der Waals surface area (Å²) >= 11 is 19.0. The first-order chi connectivity index (χ1) is 23.2. The van der Waals surface area contributed by atoms with Gasteiger partial charge in [0.25, 0.3) is 10.0 Å². The molecule has 14 heteroatoms. The molecule has 0 aromatic heterocycles. The van der Waals surface area contributed by atoms with Gasteiger partial charge in [-0.3, -0.25) is 13.9 Å². The van der Waals surface area contributed by atoms with Crippen molar-refractivity contribution in [1.29, 1.82) is 0 Å². The molecule has 0 saturated carbocycles. The summed E-state index contributed by atoms with van der Waals surface area (Å²) in [5.74, 6) is -1.41. The minimum absolute atomic E-state index is 0.0332. The first-order valence-electron chi connectivity index (χ1n) is 15.2. The van der Waals surface area contributed by atoms with E-state index in [-0.39, 0.29) is 27.9 Å². The van der Waals surface area contributed by atoms with Gasteiger partial charge in [-0.25, -0.2) is 8.42 Å². The Kier molecular flexibility index (Phi) is 13.0. The molecule has 7 nitrogen and oxygen atoms in total. The number of benzene rings is 4. The Bertz CT molecular complexity index is 1860. The van der Waals surface area contributed by atoms with Crippen molar-refractivity contribution in [3.05, 3.63) is 129 Å². The number of halogens is 6. The van der Waals surface area contributed by atoms with Crippen LogP contribution in [0.2, 0.25) is 15.1 Å². The summed E-state index contributed by atoms with van der Waals surface area (Å²) < 4.78 is 70.4. The van der Waals surface area contributed by atoms with Gasteiger partial charge in [-0.1, -0.05) is 103 Å². The van der Waals surface area contributed by atoms with E-state index < -0.39 is 51.9 Å². The monoisotopic (exact) mass is 753 g/mol. The molecule has 1 atom stereocenters. The van der Waals surface area contributed by atoms with Crippen molar-refractivity contribution < 1.29 is 31.2 Å². The van der Waals surface area contributed by atoms with E-state index in [1.165, 1.54) is 35.2 Å². The highest BCUT2D eigenvalue weighted by Gasteiger charge is 2.37. The van der Waals surface area contributed by atoms with Crippen molar-refractivity contribution in [3.63, 3.8) is 0 Å². The van der Waals surface area contributed by atoms with Gasteiger partial charge in [0.1, 0.15) is 12.6 Å². The van der Waals surface area contributed by atoms with Gasteiger partial charge in [0.05, 0.1) is 21.2 Å². The van der Waals surface area contributed by atoms with Crippen LogP contribution < -0.4 is 9.62 Å². The molecule has 0 fully saturated rings. The van der Waals surface area contributed by atoms with Crippen molar-refractivity contribution in [2.75, 3.05) is 17.4 Å². The van der Waals surface area contributed by atoms with Crippen LogP contribution in [-0.2, 0) is 38.8 Å². The van der Waals surface area contributed by atoms with Gasteiger partial charge < -0.3 is 10.2 Å². The fourth-order valence-corrected chi connectivity index (χ4v) is 7.19. The third-order valence-electron chi connectivity index (χ3n) is 7.61. The molecule has 4 rings (SSSR count). The standard InChI is InChI=1S/C35H33Cl3F3N3O4S/c1-2-3-18-42-34(46)32(19-24-10-6-4-7-11-24)43(22-25-14-16-27(36)21-30(25)38)33(45)23-44(49(47,48)28-12-8-5-9-13-28)31-20-26(35(39,40)41)15-17-29(31)37/h4-17,20-21,32H,2-3,18-19,22-23H2,1H3,(H,42,46)/t32-/m0/s1. The number of carbonyl (C=O) groups is 2. The number of amides is 2. The summed E-state index contributed by atoms with van der Waals surface area (Å²) in [4.78, 5) is 29.3. The van der Waals surface area contributed by atoms with Crippen molar-refractivity contribution in [1.82, 2.24) is 10.2 Å². The Morgan fingerprint density at radius 2 is 1.51 bits per heavy atom. The number of sulfonamides is 1. The van der Waals surface area contributed by atoms with E-state index in [9.17, 15) is 31.2 Å². The van der Waals surface area contributed by atoms with Crippen LogP contribution in [0.4, 0.5) is 18.9 Å². The van der Waals surface area contributed by atoms with Crippen LogP contribution in [0.3, 0.4) is 0 Å². The lowest BCUT2D eigenvalue weighted by molar-refractivity contribution is -0.140. The number of hydrogen-bond acceptors (Lipinski definition) is 4. The highest BCUT2D eigenvalue weighted by atomic mass is 35.5. The third-order valence-corrected chi connectivity index (χ3v) is 10.3.